The zero-order valence-electron chi connectivity index (χ0n) is 18.8. The minimum absolute atomic E-state index is 0.0391. The normalized spacial score (nSPS) is 15.2. The molecule has 178 valence electrons. The Balaban J connectivity index is 1.73. The number of furan rings is 1. The number of aromatic amines is 2. The van der Waals surface area contributed by atoms with E-state index >= 15 is 0 Å². The molecule has 6 rings (SSSR count). The van der Waals surface area contributed by atoms with Crippen molar-refractivity contribution in [3.8, 4) is 16.9 Å². The van der Waals surface area contributed by atoms with E-state index in [0.29, 0.717) is 38.6 Å². The first-order valence-electron chi connectivity index (χ1n) is 11.7. The molecule has 1 fully saturated rings. The number of aromatic carboxylic acids is 1. The molecule has 3 aromatic heterocycles. The summed E-state index contributed by atoms with van der Waals surface area (Å²) in [6.07, 6.45) is 6.37. The Bertz CT molecular complexity index is 1730. The van der Waals surface area contributed by atoms with Crippen LogP contribution >= 0.6 is 0 Å². The monoisotopic (exact) mass is 473 g/mol. The molecule has 1 aliphatic rings. The SMILES string of the molecule is O=C(O)c1ccc(-c2c3oc4c(O)c(=O)ccc4c3[nH]c3c2c(=O)[nH]n3C2CCCCCC2)cc1. The van der Waals surface area contributed by atoms with E-state index in [9.17, 15) is 24.6 Å². The number of carboxylic acid groups (broad SMARTS) is 1. The second kappa shape index (κ2) is 7.90. The maximum atomic E-state index is 13.3. The van der Waals surface area contributed by atoms with Gasteiger partial charge in [-0.05, 0) is 42.7 Å². The number of benzene rings is 2. The Kier molecular flexibility index (Phi) is 4.80. The Hall–Kier alpha value is -4.27. The molecule has 4 N–H and O–H groups in total. The molecule has 0 radical (unpaired) electrons. The number of phenols is 1. The van der Waals surface area contributed by atoms with Crippen LogP contribution < -0.4 is 11.0 Å². The van der Waals surface area contributed by atoms with Crippen LogP contribution in [0.4, 0.5) is 0 Å². The third kappa shape index (κ3) is 3.26. The number of hydrogen-bond donors (Lipinski definition) is 4. The number of pyridine rings is 1. The first-order valence-corrected chi connectivity index (χ1v) is 11.7. The van der Waals surface area contributed by atoms with Crippen LogP contribution in [0.1, 0.15) is 54.9 Å². The number of carboxylic acids is 1. The molecule has 0 saturated heterocycles. The van der Waals surface area contributed by atoms with Crippen molar-refractivity contribution in [2.45, 2.75) is 44.6 Å². The Morgan fingerprint density at radius 3 is 2.37 bits per heavy atom. The van der Waals surface area contributed by atoms with Crippen LogP contribution in [-0.4, -0.2) is 30.9 Å². The molecule has 3 heterocycles. The summed E-state index contributed by atoms with van der Waals surface area (Å²) >= 11 is 0. The van der Waals surface area contributed by atoms with E-state index in [1.165, 1.54) is 18.2 Å². The van der Waals surface area contributed by atoms with Gasteiger partial charge in [-0.15, -0.1) is 0 Å². The summed E-state index contributed by atoms with van der Waals surface area (Å²) in [6.45, 7) is 0. The highest BCUT2D eigenvalue weighted by Crippen LogP contribution is 2.41. The van der Waals surface area contributed by atoms with E-state index in [4.69, 9.17) is 4.42 Å². The highest BCUT2D eigenvalue weighted by molar-refractivity contribution is 6.15. The summed E-state index contributed by atoms with van der Waals surface area (Å²) in [5.41, 5.74) is 1.81. The van der Waals surface area contributed by atoms with Gasteiger partial charge < -0.3 is 19.6 Å². The molecule has 5 aromatic rings. The molecule has 1 aliphatic carbocycles. The molecule has 35 heavy (non-hydrogen) atoms. The van der Waals surface area contributed by atoms with E-state index in [1.54, 1.807) is 18.2 Å². The van der Waals surface area contributed by atoms with Gasteiger partial charge in [-0.25, -0.2) is 4.79 Å². The minimum atomic E-state index is -1.05. The van der Waals surface area contributed by atoms with Gasteiger partial charge >= 0.3 is 5.97 Å². The third-order valence-electron chi connectivity index (χ3n) is 7.05. The van der Waals surface area contributed by atoms with Crippen LogP contribution in [0.2, 0.25) is 0 Å². The lowest BCUT2D eigenvalue weighted by Crippen LogP contribution is -2.13. The first kappa shape index (κ1) is 21.3. The number of aromatic nitrogens is 3. The largest absolute Gasteiger partial charge is 0.502 e. The topological polar surface area (TPSA) is 141 Å². The molecular weight excluding hydrogens is 450 g/mol. The molecule has 0 aliphatic heterocycles. The number of carbonyl (C=O) groups is 1. The zero-order valence-corrected chi connectivity index (χ0v) is 18.8. The van der Waals surface area contributed by atoms with Crippen LogP contribution in [0.15, 0.2) is 50.4 Å². The summed E-state index contributed by atoms with van der Waals surface area (Å²) in [5, 5.41) is 23.6. The number of H-pyrrole nitrogens is 2. The third-order valence-corrected chi connectivity index (χ3v) is 7.05. The van der Waals surface area contributed by atoms with Crippen molar-refractivity contribution in [1.82, 2.24) is 14.8 Å². The molecule has 0 spiro atoms. The van der Waals surface area contributed by atoms with Crippen molar-refractivity contribution < 1.29 is 19.4 Å². The number of hydrogen-bond acceptors (Lipinski definition) is 5. The van der Waals surface area contributed by atoms with E-state index in [-0.39, 0.29) is 22.7 Å². The van der Waals surface area contributed by atoms with Gasteiger partial charge in [0.15, 0.2) is 11.2 Å². The molecule has 9 nitrogen and oxygen atoms in total. The standard InChI is InChI=1S/C26H23N3O6/c30-17-12-11-16-20-23(35-22(16)21(17)31)18(13-7-9-14(10-8-13)26(33)34)19-24(27-20)29(28-25(19)32)15-5-3-1-2-4-6-15/h7-12,15,27,31H,1-6H2,(H,28,32)(H,33,34). The van der Waals surface area contributed by atoms with Crippen LogP contribution in [0.3, 0.4) is 0 Å². The number of aromatic hydroxyl groups is 1. The maximum Gasteiger partial charge on any atom is 0.335 e. The van der Waals surface area contributed by atoms with Gasteiger partial charge in [0, 0.05) is 10.9 Å². The lowest BCUT2D eigenvalue weighted by molar-refractivity contribution is 0.0697. The number of fused-ring (bicyclic) bond motifs is 4. The van der Waals surface area contributed by atoms with Gasteiger partial charge in [0.05, 0.1) is 22.5 Å². The summed E-state index contributed by atoms with van der Waals surface area (Å²) in [7, 11) is 0. The first-order chi connectivity index (χ1) is 16.9. The van der Waals surface area contributed by atoms with Gasteiger partial charge in [-0.1, -0.05) is 37.8 Å². The maximum absolute atomic E-state index is 13.3. The van der Waals surface area contributed by atoms with E-state index in [2.05, 4.69) is 10.1 Å². The molecule has 0 unspecified atom stereocenters. The van der Waals surface area contributed by atoms with Gasteiger partial charge in [-0.2, -0.15) is 0 Å². The van der Waals surface area contributed by atoms with Crippen molar-refractivity contribution in [3.63, 3.8) is 0 Å². The van der Waals surface area contributed by atoms with Crippen molar-refractivity contribution in [2.75, 3.05) is 0 Å². The van der Waals surface area contributed by atoms with E-state index < -0.39 is 17.1 Å². The lowest BCUT2D eigenvalue weighted by atomic mass is 10.0. The summed E-state index contributed by atoms with van der Waals surface area (Å²) in [4.78, 5) is 40.1. The molecule has 0 bridgehead atoms. The summed E-state index contributed by atoms with van der Waals surface area (Å²) in [5.74, 6) is -1.55. The van der Waals surface area contributed by atoms with Crippen LogP contribution in [0, 0.1) is 0 Å². The predicted octanol–water partition coefficient (Wildman–Crippen LogP) is 4.88. The van der Waals surface area contributed by atoms with Gasteiger partial charge in [0.2, 0.25) is 11.2 Å². The lowest BCUT2D eigenvalue weighted by Gasteiger charge is -2.17. The minimum Gasteiger partial charge on any atom is -0.502 e. The average molecular weight is 473 g/mol. The highest BCUT2D eigenvalue weighted by Gasteiger charge is 2.26. The van der Waals surface area contributed by atoms with Gasteiger partial charge in [0.1, 0.15) is 5.65 Å². The second-order valence-corrected chi connectivity index (χ2v) is 9.16. The number of phenolic OH excluding ortho intramolecular Hbond substituents is 1. The van der Waals surface area contributed by atoms with Crippen LogP contribution in [0.5, 0.6) is 5.75 Å². The molecule has 1 saturated carbocycles. The zero-order chi connectivity index (χ0) is 24.3. The average Bonchev–Trinajstić information content (AvgIpc) is 3.25. The quantitative estimate of drug-likeness (QED) is 0.275. The molecule has 0 atom stereocenters. The second-order valence-electron chi connectivity index (χ2n) is 9.16. The van der Waals surface area contributed by atoms with Crippen molar-refractivity contribution in [2.24, 2.45) is 0 Å². The molecule has 2 aromatic carbocycles. The van der Waals surface area contributed by atoms with Gasteiger partial charge in [-0.3, -0.25) is 19.4 Å². The number of rotatable bonds is 3. The van der Waals surface area contributed by atoms with Crippen molar-refractivity contribution >= 4 is 39.1 Å². The number of nitrogens with zero attached hydrogens (tertiary/aromatic N) is 1. The fourth-order valence-corrected chi connectivity index (χ4v) is 5.31. The van der Waals surface area contributed by atoms with Gasteiger partial charge in [0.25, 0.3) is 5.56 Å². The molecular formula is C26H23N3O6. The van der Waals surface area contributed by atoms with Crippen molar-refractivity contribution in [3.05, 3.63) is 62.5 Å². The Morgan fingerprint density at radius 1 is 0.971 bits per heavy atom. The smallest absolute Gasteiger partial charge is 0.335 e. The van der Waals surface area contributed by atoms with Crippen LogP contribution in [0.25, 0.3) is 44.2 Å². The van der Waals surface area contributed by atoms with Crippen LogP contribution in [-0.2, 0) is 0 Å². The Labute approximate surface area is 197 Å². The van der Waals surface area contributed by atoms with E-state index in [0.717, 1.165) is 38.5 Å². The highest BCUT2D eigenvalue weighted by atomic mass is 16.4. The van der Waals surface area contributed by atoms with Crippen molar-refractivity contribution in [1.29, 1.82) is 0 Å². The predicted molar refractivity (Wildman–Crippen MR) is 131 cm³/mol. The molecule has 9 heteroatoms. The molecule has 0 amide bonds. The summed E-state index contributed by atoms with van der Waals surface area (Å²) < 4.78 is 7.91. The Morgan fingerprint density at radius 2 is 1.69 bits per heavy atom. The number of nitrogens with one attached hydrogen (secondary N) is 2. The fraction of sp³-hybridized carbons (Fsp3) is 0.269. The van der Waals surface area contributed by atoms with E-state index in [1.807, 2.05) is 4.68 Å². The summed E-state index contributed by atoms with van der Waals surface area (Å²) in [6, 6.07) is 9.19. The fourth-order valence-electron chi connectivity index (χ4n) is 5.31.